The molecule has 0 unspecified atom stereocenters. The molecule has 0 spiro atoms. The molecule has 2 aliphatic rings. The summed E-state index contributed by atoms with van der Waals surface area (Å²) < 4.78 is 60.4. The van der Waals surface area contributed by atoms with Crippen molar-refractivity contribution in [1.82, 2.24) is 14.8 Å². The van der Waals surface area contributed by atoms with E-state index in [0.717, 1.165) is 12.8 Å². The Kier molecular flexibility index (Phi) is 8.44. The lowest BCUT2D eigenvalue weighted by Gasteiger charge is -2.38. The van der Waals surface area contributed by atoms with Gasteiger partial charge in [0.25, 0.3) is 5.91 Å². The summed E-state index contributed by atoms with van der Waals surface area (Å²) in [7, 11) is 0. The van der Waals surface area contributed by atoms with Crippen LogP contribution in [0.3, 0.4) is 0 Å². The number of amides is 1. The van der Waals surface area contributed by atoms with E-state index in [-0.39, 0.29) is 24.6 Å². The van der Waals surface area contributed by atoms with Gasteiger partial charge in [-0.3, -0.25) is 9.78 Å². The number of piperidine rings is 1. The molecule has 2 fully saturated rings. The zero-order chi connectivity index (χ0) is 29.3. The summed E-state index contributed by atoms with van der Waals surface area (Å²) in [5.74, 6) is -1.77. The normalized spacial score (nSPS) is 21.0. The Morgan fingerprint density at radius 2 is 1.82 bits per heavy atom. The zero-order valence-corrected chi connectivity index (χ0v) is 22.9. The fraction of sp³-hybridized carbons (Fsp3) is 0.552. The maximum atomic E-state index is 15.0. The van der Waals surface area contributed by atoms with E-state index in [1.54, 1.807) is 18.2 Å². The fourth-order valence-corrected chi connectivity index (χ4v) is 5.31. The van der Waals surface area contributed by atoms with Gasteiger partial charge < -0.3 is 19.6 Å². The average Bonchev–Trinajstić information content (AvgIpc) is 3.30. The van der Waals surface area contributed by atoms with Crippen molar-refractivity contribution in [2.75, 3.05) is 32.8 Å². The molecule has 0 aliphatic carbocycles. The molecule has 0 radical (unpaired) electrons. The second-order valence-electron chi connectivity index (χ2n) is 11.6. The molecule has 40 heavy (non-hydrogen) atoms. The van der Waals surface area contributed by atoms with Crippen molar-refractivity contribution in [3.63, 3.8) is 0 Å². The van der Waals surface area contributed by atoms with Crippen molar-refractivity contribution in [2.24, 2.45) is 11.3 Å². The second kappa shape index (κ2) is 11.3. The molecule has 11 heteroatoms. The second-order valence-corrected chi connectivity index (χ2v) is 11.6. The lowest BCUT2D eigenvalue weighted by atomic mass is 9.89. The predicted molar refractivity (Wildman–Crippen MR) is 140 cm³/mol. The Labute approximate surface area is 231 Å². The number of alkyl halides is 3. The van der Waals surface area contributed by atoms with Gasteiger partial charge in [-0.05, 0) is 89.7 Å². The van der Waals surface area contributed by atoms with Gasteiger partial charge in [0, 0.05) is 18.7 Å². The number of aliphatic carboxylic acids is 1. The average molecular weight is 566 g/mol. The molecular weight excluding hydrogens is 530 g/mol. The first kappa shape index (κ1) is 29.8. The number of nitrogens with zero attached hydrogens (tertiary/aromatic N) is 3. The third kappa shape index (κ3) is 6.24. The van der Waals surface area contributed by atoms with Gasteiger partial charge in [-0.1, -0.05) is 6.07 Å². The summed E-state index contributed by atoms with van der Waals surface area (Å²) in [6, 6.07) is 7.51. The number of carbonyl (C=O) groups excluding carboxylic acids is 1. The lowest BCUT2D eigenvalue weighted by Crippen LogP contribution is -2.50. The number of carboxylic acids is 1. The highest BCUT2D eigenvalue weighted by atomic mass is 19.4. The van der Waals surface area contributed by atoms with Gasteiger partial charge in [-0.25, -0.2) is 9.18 Å². The third-order valence-corrected chi connectivity index (χ3v) is 8.16. The fourth-order valence-electron chi connectivity index (χ4n) is 5.31. The largest absolute Gasteiger partial charge is 0.492 e. The van der Waals surface area contributed by atoms with Crippen molar-refractivity contribution >= 4 is 11.9 Å². The molecule has 2 saturated heterocycles. The number of likely N-dealkylation sites (tertiary alicyclic amines) is 2. The Balaban J connectivity index is 1.31. The van der Waals surface area contributed by atoms with Gasteiger partial charge in [-0.2, -0.15) is 13.2 Å². The molecule has 0 bridgehead atoms. The predicted octanol–water partition coefficient (Wildman–Crippen LogP) is 5.65. The Bertz CT molecular complexity index is 1230. The van der Waals surface area contributed by atoms with E-state index >= 15 is 0 Å². The summed E-state index contributed by atoms with van der Waals surface area (Å²) in [4.78, 5) is 32.1. The molecule has 2 aromatic rings. The first-order valence-corrected chi connectivity index (χ1v) is 13.4. The van der Waals surface area contributed by atoms with Crippen LogP contribution < -0.4 is 4.74 Å². The van der Waals surface area contributed by atoms with E-state index in [1.165, 1.54) is 44.0 Å². The number of carboxylic acid groups (broad SMARTS) is 1. The van der Waals surface area contributed by atoms with Crippen LogP contribution in [-0.4, -0.2) is 76.3 Å². The molecule has 7 nitrogen and oxygen atoms in total. The number of rotatable bonds is 8. The van der Waals surface area contributed by atoms with Crippen LogP contribution in [0.15, 0.2) is 36.5 Å². The molecule has 0 saturated carbocycles. The van der Waals surface area contributed by atoms with E-state index in [9.17, 15) is 32.3 Å². The highest BCUT2D eigenvalue weighted by Crippen LogP contribution is 2.39. The summed E-state index contributed by atoms with van der Waals surface area (Å²) in [6.45, 7) is 5.76. The number of aromatic nitrogens is 1. The van der Waals surface area contributed by atoms with E-state index in [4.69, 9.17) is 4.74 Å². The van der Waals surface area contributed by atoms with E-state index in [1.807, 2.05) is 4.90 Å². The number of pyridine rings is 1. The molecule has 1 atom stereocenters. The smallest absolute Gasteiger partial charge is 0.395 e. The Morgan fingerprint density at radius 1 is 1.12 bits per heavy atom. The van der Waals surface area contributed by atoms with Crippen LogP contribution in [0.4, 0.5) is 17.6 Å². The van der Waals surface area contributed by atoms with Crippen LogP contribution in [0.5, 0.6) is 5.75 Å². The molecule has 4 rings (SSSR count). The van der Waals surface area contributed by atoms with Crippen LogP contribution in [-0.2, 0) is 4.79 Å². The van der Waals surface area contributed by atoms with Crippen LogP contribution in [0, 0.1) is 17.2 Å². The van der Waals surface area contributed by atoms with Crippen molar-refractivity contribution in [3.05, 3.63) is 47.9 Å². The van der Waals surface area contributed by atoms with Gasteiger partial charge in [0.05, 0.1) is 29.5 Å². The Hall–Kier alpha value is -3.21. The maximum absolute atomic E-state index is 15.0. The minimum absolute atomic E-state index is 0.0227. The SMILES string of the molecule is CC(C)(CN1CCC(COc2ccc(-c3ccc(C(=O)N4CCC[C@@]4(C)C(=O)O)c(F)c3)nc2)CC1)C(F)(F)F. The number of carbonyl (C=O) groups is 2. The van der Waals surface area contributed by atoms with Gasteiger partial charge in [0.2, 0.25) is 0 Å². The highest BCUT2D eigenvalue weighted by Gasteiger charge is 2.48. The molecule has 218 valence electrons. The van der Waals surface area contributed by atoms with Crippen LogP contribution >= 0.6 is 0 Å². The number of halogens is 4. The van der Waals surface area contributed by atoms with Crippen LogP contribution in [0.2, 0.25) is 0 Å². The first-order valence-electron chi connectivity index (χ1n) is 13.4. The monoisotopic (exact) mass is 565 g/mol. The van der Waals surface area contributed by atoms with E-state index in [0.29, 0.717) is 49.5 Å². The quantitative estimate of drug-likeness (QED) is 0.417. The van der Waals surface area contributed by atoms with Gasteiger partial charge in [0.15, 0.2) is 0 Å². The van der Waals surface area contributed by atoms with Crippen molar-refractivity contribution in [3.8, 4) is 17.0 Å². The molecular formula is C29H35F4N3O4. The summed E-state index contributed by atoms with van der Waals surface area (Å²) in [5.41, 5.74) is -2.37. The Morgan fingerprint density at radius 3 is 2.40 bits per heavy atom. The van der Waals surface area contributed by atoms with Gasteiger partial charge >= 0.3 is 12.1 Å². The molecule has 1 amide bonds. The van der Waals surface area contributed by atoms with Gasteiger partial charge in [0.1, 0.15) is 17.1 Å². The number of hydrogen-bond donors (Lipinski definition) is 1. The number of benzene rings is 1. The lowest BCUT2D eigenvalue weighted by molar-refractivity contribution is -0.217. The molecule has 1 N–H and O–H groups in total. The minimum atomic E-state index is -4.24. The number of hydrogen-bond acceptors (Lipinski definition) is 5. The van der Waals surface area contributed by atoms with Crippen molar-refractivity contribution in [1.29, 1.82) is 0 Å². The third-order valence-electron chi connectivity index (χ3n) is 8.16. The minimum Gasteiger partial charge on any atom is -0.492 e. The summed E-state index contributed by atoms with van der Waals surface area (Å²) in [6.07, 6.45) is -0.387. The zero-order valence-electron chi connectivity index (χ0n) is 22.9. The van der Waals surface area contributed by atoms with E-state index in [2.05, 4.69) is 4.98 Å². The summed E-state index contributed by atoms with van der Waals surface area (Å²) >= 11 is 0. The standard InChI is InChI=1S/C29H35F4N3O4/c1-27(2,29(31,32)33)18-35-13-9-19(10-14-35)17-40-21-6-8-24(34-16-21)20-5-7-22(23(30)15-20)25(37)36-12-4-11-28(36,3)26(38)39/h5-8,15-16,19H,4,9-14,17-18H2,1-3H3,(H,38,39)/t28-/m0/s1. The topological polar surface area (TPSA) is 83.0 Å². The van der Waals surface area contributed by atoms with E-state index < -0.39 is 34.8 Å². The maximum Gasteiger partial charge on any atom is 0.395 e. The van der Waals surface area contributed by atoms with Crippen LogP contribution in [0.1, 0.15) is 56.8 Å². The van der Waals surface area contributed by atoms with Crippen LogP contribution in [0.25, 0.3) is 11.3 Å². The highest BCUT2D eigenvalue weighted by molar-refractivity contribution is 5.98. The van der Waals surface area contributed by atoms with Gasteiger partial charge in [-0.15, -0.1) is 0 Å². The van der Waals surface area contributed by atoms with Crippen molar-refractivity contribution < 1.29 is 37.0 Å². The molecule has 1 aromatic heterocycles. The molecule has 1 aromatic carbocycles. The first-order chi connectivity index (χ1) is 18.7. The molecule has 2 aliphatic heterocycles. The molecule has 3 heterocycles. The summed E-state index contributed by atoms with van der Waals surface area (Å²) in [5, 5.41) is 9.56. The van der Waals surface area contributed by atoms with Crippen molar-refractivity contribution in [2.45, 2.75) is 58.2 Å². The number of ether oxygens (including phenoxy) is 1.